The van der Waals surface area contributed by atoms with Crippen LogP contribution in [0.1, 0.15) is 5.56 Å². The van der Waals surface area contributed by atoms with E-state index in [0.29, 0.717) is 32.6 Å². The third-order valence-corrected chi connectivity index (χ3v) is 5.42. The lowest BCUT2D eigenvalue weighted by Crippen LogP contribution is -2.50. The van der Waals surface area contributed by atoms with Crippen molar-refractivity contribution in [2.24, 2.45) is 0 Å². The average Bonchev–Trinajstić information content (AvgIpc) is 3.09. The number of nitrogens with zero attached hydrogens (tertiary/aromatic N) is 4. The second-order valence-electron chi connectivity index (χ2n) is 5.84. The molecule has 1 saturated heterocycles. The second-order valence-corrected chi connectivity index (χ2v) is 7.82. The van der Waals surface area contributed by atoms with E-state index in [0.717, 1.165) is 11.3 Å². The highest BCUT2D eigenvalue weighted by molar-refractivity contribution is 7.88. The van der Waals surface area contributed by atoms with Crippen LogP contribution in [0.3, 0.4) is 0 Å². The smallest absolute Gasteiger partial charge is 0.227 e. The lowest BCUT2D eigenvalue weighted by atomic mass is 10.1. The number of carbonyl (C=O) groups excluding carboxylic acids is 1. The molecule has 1 aromatic carbocycles. The van der Waals surface area contributed by atoms with E-state index >= 15 is 0 Å². The minimum Gasteiger partial charge on any atom is -0.340 e. The van der Waals surface area contributed by atoms with Crippen molar-refractivity contribution in [2.75, 3.05) is 32.4 Å². The highest BCUT2D eigenvalue weighted by Crippen LogP contribution is 2.12. The molecule has 7 nitrogen and oxygen atoms in total. The van der Waals surface area contributed by atoms with Crippen molar-refractivity contribution in [3.63, 3.8) is 0 Å². The quantitative estimate of drug-likeness (QED) is 0.807. The number of carbonyl (C=O) groups is 1. The maximum Gasteiger partial charge on any atom is 0.227 e. The molecule has 1 aliphatic heterocycles. The van der Waals surface area contributed by atoms with Gasteiger partial charge in [-0.3, -0.25) is 4.79 Å². The molecule has 1 aromatic heterocycles. The zero-order chi connectivity index (χ0) is 17.2. The molecule has 0 unspecified atom stereocenters. The maximum atomic E-state index is 12.4. The summed E-state index contributed by atoms with van der Waals surface area (Å²) in [6, 6.07) is 9.55. The minimum atomic E-state index is -3.17. The first-order valence-electron chi connectivity index (χ1n) is 7.75. The average molecular weight is 348 g/mol. The van der Waals surface area contributed by atoms with E-state index in [1.807, 2.05) is 36.5 Å². The van der Waals surface area contributed by atoms with Gasteiger partial charge in [-0.05, 0) is 23.8 Å². The number of hydrogen-bond acceptors (Lipinski definition) is 4. The number of benzene rings is 1. The van der Waals surface area contributed by atoms with Gasteiger partial charge in [0, 0.05) is 38.6 Å². The van der Waals surface area contributed by atoms with Crippen LogP contribution >= 0.6 is 0 Å². The van der Waals surface area contributed by atoms with Crippen LogP contribution in [-0.4, -0.2) is 65.7 Å². The molecule has 2 aromatic rings. The molecular formula is C16H20N4O3S. The maximum absolute atomic E-state index is 12.4. The van der Waals surface area contributed by atoms with Crippen molar-refractivity contribution < 1.29 is 13.2 Å². The van der Waals surface area contributed by atoms with Gasteiger partial charge >= 0.3 is 0 Å². The van der Waals surface area contributed by atoms with Gasteiger partial charge in [0.05, 0.1) is 18.4 Å². The van der Waals surface area contributed by atoms with Crippen LogP contribution in [0.4, 0.5) is 0 Å². The Balaban J connectivity index is 1.58. The Labute approximate surface area is 141 Å². The minimum absolute atomic E-state index is 0.0231. The first kappa shape index (κ1) is 16.7. The summed E-state index contributed by atoms with van der Waals surface area (Å²) in [5.41, 5.74) is 1.87. The summed E-state index contributed by atoms with van der Waals surface area (Å²) < 4.78 is 26.2. The fraction of sp³-hybridized carbons (Fsp3) is 0.375. The molecule has 128 valence electrons. The molecule has 8 heteroatoms. The third-order valence-electron chi connectivity index (χ3n) is 4.12. The highest BCUT2D eigenvalue weighted by atomic mass is 32.2. The zero-order valence-electron chi connectivity index (χ0n) is 13.5. The van der Waals surface area contributed by atoms with Gasteiger partial charge < -0.3 is 4.90 Å². The molecule has 24 heavy (non-hydrogen) atoms. The van der Waals surface area contributed by atoms with Crippen LogP contribution in [0.25, 0.3) is 5.69 Å². The molecule has 0 N–H and O–H groups in total. The standard InChI is InChI=1S/C16H20N4O3S/c1-24(22,23)19-11-9-18(10-12-19)16(21)13-14-3-5-15(6-4-14)20-8-2-7-17-20/h2-8H,9-13H2,1H3. The SMILES string of the molecule is CS(=O)(=O)N1CCN(C(=O)Cc2ccc(-n3cccn3)cc2)CC1. The predicted molar refractivity (Wildman–Crippen MR) is 90.3 cm³/mol. The van der Waals surface area contributed by atoms with Crippen LogP contribution < -0.4 is 0 Å². The van der Waals surface area contributed by atoms with Gasteiger partial charge in [-0.2, -0.15) is 9.40 Å². The molecule has 1 amide bonds. The van der Waals surface area contributed by atoms with Crippen LogP contribution in [0, 0.1) is 0 Å². The molecule has 0 saturated carbocycles. The fourth-order valence-electron chi connectivity index (χ4n) is 2.74. The van der Waals surface area contributed by atoms with E-state index in [-0.39, 0.29) is 5.91 Å². The summed E-state index contributed by atoms with van der Waals surface area (Å²) in [7, 11) is -3.17. The first-order chi connectivity index (χ1) is 11.4. The van der Waals surface area contributed by atoms with Gasteiger partial charge in [0.2, 0.25) is 15.9 Å². The number of sulfonamides is 1. The van der Waals surface area contributed by atoms with Crippen molar-refractivity contribution in [3.8, 4) is 5.69 Å². The summed E-state index contributed by atoms with van der Waals surface area (Å²) in [6.07, 6.45) is 5.10. The van der Waals surface area contributed by atoms with E-state index in [4.69, 9.17) is 0 Å². The Morgan fingerprint density at radius 1 is 1.12 bits per heavy atom. The highest BCUT2D eigenvalue weighted by Gasteiger charge is 2.25. The lowest BCUT2D eigenvalue weighted by molar-refractivity contribution is -0.131. The summed E-state index contributed by atoms with van der Waals surface area (Å²) in [6.45, 7) is 1.61. The summed E-state index contributed by atoms with van der Waals surface area (Å²) in [5, 5.41) is 4.17. The fourth-order valence-corrected chi connectivity index (χ4v) is 3.57. The van der Waals surface area contributed by atoms with Crippen LogP contribution in [0.2, 0.25) is 0 Å². The van der Waals surface area contributed by atoms with Gasteiger partial charge in [0.15, 0.2) is 0 Å². The van der Waals surface area contributed by atoms with Crippen molar-refractivity contribution in [1.82, 2.24) is 19.0 Å². The van der Waals surface area contributed by atoms with Crippen molar-refractivity contribution in [2.45, 2.75) is 6.42 Å². The van der Waals surface area contributed by atoms with E-state index < -0.39 is 10.0 Å². The number of aromatic nitrogens is 2. The molecule has 2 heterocycles. The van der Waals surface area contributed by atoms with Crippen molar-refractivity contribution >= 4 is 15.9 Å². The van der Waals surface area contributed by atoms with Crippen LogP contribution in [-0.2, 0) is 21.2 Å². The molecule has 0 aliphatic carbocycles. The van der Waals surface area contributed by atoms with E-state index in [1.54, 1.807) is 15.8 Å². The van der Waals surface area contributed by atoms with Crippen LogP contribution in [0.15, 0.2) is 42.7 Å². The molecule has 1 fully saturated rings. The molecule has 1 aliphatic rings. The zero-order valence-corrected chi connectivity index (χ0v) is 14.3. The van der Waals surface area contributed by atoms with Gasteiger partial charge in [0.1, 0.15) is 0 Å². The second kappa shape index (κ2) is 6.74. The Hall–Kier alpha value is -2.19. The largest absolute Gasteiger partial charge is 0.340 e. The molecule has 3 rings (SSSR count). The van der Waals surface area contributed by atoms with Crippen molar-refractivity contribution in [1.29, 1.82) is 0 Å². The Morgan fingerprint density at radius 2 is 1.79 bits per heavy atom. The summed E-state index contributed by atoms with van der Waals surface area (Å²) in [4.78, 5) is 14.1. The van der Waals surface area contributed by atoms with Gasteiger partial charge in [-0.15, -0.1) is 0 Å². The summed E-state index contributed by atoms with van der Waals surface area (Å²) >= 11 is 0. The van der Waals surface area contributed by atoms with Crippen molar-refractivity contribution in [3.05, 3.63) is 48.3 Å². The molecule has 0 bridgehead atoms. The number of piperazine rings is 1. The Kier molecular flexibility index (Phi) is 4.68. The molecule has 0 spiro atoms. The summed E-state index contributed by atoms with van der Waals surface area (Å²) in [5.74, 6) is 0.0231. The van der Waals surface area contributed by atoms with E-state index in [1.165, 1.54) is 10.6 Å². The third kappa shape index (κ3) is 3.82. The topological polar surface area (TPSA) is 75.5 Å². The molecule has 0 radical (unpaired) electrons. The monoisotopic (exact) mass is 348 g/mol. The van der Waals surface area contributed by atoms with Gasteiger partial charge in [0.25, 0.3) is 0 Å². The Bertz CT molecular complexity index is 792. The van der Waals surface area contributed by atoms with Crippen LogP contribution in [0.5, 0.6) is 0 Å². The van der Waals surface area contributed by atoms with Gasteiger partial charge in [-0.25, -0.2) is 13.1 Å². The van der Waals surface area contributed by atoms with Gasteiger partial charge in [-0.1, -0.05) is 12.1 Å². The molecule has 0 atom stereocenters. The van der Waals surface area contributed by atoms with E-state index in [2.05, 4.69) is 5.10 Å². The number of rotatable bonds is 4. The number of hydrogen-bond donors (Lipinski definition) is 0. The van der Waals surface area contributed by atoms with E-state index in [9.17, 15) is 13.2 Å². The first-order valence-corrected chi connectivity index (χ1v) is 9.60. The Morgan fingerprint density at radius 3 is 2.33 bits per heavy atom. The predicted octanol–water partition coefficient (Wildman–Crippen LogP) is 0.519. The molecular weight excluding hydrogens is 328 g/mol. The lowest BCUT2D eigenvalue weighted by Gasteiger charge is -2.33. The number of amides is 1. The normalized spacial score (nSPS) is 16.3.